The van der Waals surface area contributed by atoms with Gasteiger partial charge in [0.25, 0.3) is 11.5 Å². The van der Waals surface area contributed by atoms with Gasteiger partial charge >= 0.3 is 0 Å². The van der Waals surface area contributed by atoms with E-state index in [0.717, 1.165) is 10.0 Å². The molecule has 1 aromatic heterocycles. The molecule has 0 saturated carbocycles. The molecule has 1 fully saturated rings. The molecule has 2 aromatic carbocycles. The molecule has 1 amide bonds. The lowest BCUT2D eigenvalue weighted by atomic mass is 9.95. The van der Waals surface area contributed by atoms with Crippen LogP contribution in [0.5, 0.6) is 5.75 Å². The number of morpholine rings is 1. The van der Waals surface area contributed by atoms with Gasteiger partial charge in [-0.05, 0) is 35.9 Å². The highest BCUT2D eigenvalue weighted by molar-refractivity contribution is 9.10. The Labute approximate surface area is 206 Å². The third-order valence-corrected chi connectivity index (χ3v) is 5.88. The van der Waals surface area contributed by atoms with Crippen LogP contribution in [0.2, 0.25) is 0 Å². The lowest BCUT2D eigenvalue weighted by Gasteiger charge is -2.26. The number of hydrogen-bond donors (Lipinski definition) is 0. The average Bonchev–Trinajstić information content (AvgIpc) is 2.82. The fourth-order valence-corrected chi connectivity index (χ4v) is 3.96. The fourth-order valence-electron chi connectivity index (χ4n) is 3.60. The normalized spacial score (nSPS) is 14.6. The summed E-state index contributed by atoms with van der Waals surface area (Å²) in [6, 6.07) is 12.7. The quantitative estimate of drug-likeness (QED) is 0.474. The minimum atomic E-state index is -0.400. The Balaban J connectivity index is 1.58. The molecule has 8 nitrogen and oxygen atoms in total. The SMILES string of the molecule is CC(C)(C)c1nc2ccc(Br)cc2c(=O)n1N=Cc1cccc(OCC(=O)N2CCOCC2)c1. The predicted molar refractivity (Wildman–Crippen MR) is 135 cm³/mol. The zero-order chi connectivity index (χ0) is 24.3. The smallest absolute Gasteiger partial charge is 0.282 e. The second-order valence-corrected chi connectivity index (χ2v) is 9.98. The summed E-state index contributed by atoms with van der Waals surface area (Å²) in [6.45, 7) is 8.19. The van der Waals surface area contributed by atoms with Crippen molar-refractivity contribution in [1.29, 1.82) is 0 Å². The molecular weight excluding hydrogens is 500 g/mol. The van der Waals surface area contributed by atoms with Gasteiger partial charge in [-0.1, -0.05) is 48.8 Å². The maximum Gasteiger partial charge on any atom is 0.282 e. The van der Waals surface area contributed by atoms with E-state index in [9.17, 15) is 9.59 Å². The van der Waals surface area contributed by atoms with E-state index < -0.39 is 5.41 Å². The number of carbonyl (C=O) groups excluding carboxylic acids is 1. The van der Waals surface area contributed by atoms with Crippen molar-refractivity contribution in [2.45, 2.75) is 26.2 Å². The lowest BCUT2D eigenvalue weighted by Crippen LogP contribution is -2.42. The molecule has 0 unspecified atom stereocenters. The van der Waals surface area contributed by atoms with Gasteiger partial charge in [0.05, 0.1) is 30.3 Å². The molecular formula is C25H27BrN4O4. The van der Waals surface area contributed by atoms with E-state index >= 15 is 0 Å². The molecule has 0 bridgehead atoms. The van der Waals surface area contributed by atoms with Gasteiger partial charge in [0.15, 0.2) is 6.61 Å². The van der Waals surface area contributed by atoms with Crippen molar-refractivity contribution in [3.05, 3.63) is 68.7 Å². The standard InChI is InChI=1S/C25H27BrN4O4/c1-25(2,3)24-28-21-8-7-18(26)14-20(21)23(32)30(24)27-15-17-5-4-6-19(13-17)34-16-22(31)29-9-11-33-12-10-29/h4-8,13-15H,9-12,16H2,1-3H3. The Morgan fingerprint density at radius 2 is 1.97 bits per heavy atom. The van der Waals surface area contributed by atoms with Crippen LogP contribution >= 0.6 is 15.9 Å². The number of amides is 1. The number of nitrogens with zero attached hydrogens (tertiary/aromatic N) is 4. The van der Waals surface area contributed by atoms with Gasteiger partial charge in [-0.15, -0.1) is 0 Å². The van der Waals surface area contributed by atoms with Crippen molar-refractivity contribution in [2.24, 2.45) is 5.10 Å². The Bertz CT molecular complexity index is 1290. The van der Waals surface area contributed by atoms with Crippen molar-refractivity contribution in [1.82, 2.24) is 14.6 Å². The van der Waals surface area contributed by atoms with Crippen LogP contribution in [0.1, 0.15) is 32.2 Å². The zero-order valence-electron chi connectivity index (χ0n) is 19.5. The number of halogens is 1. The molecule has 4 rings (SSSR count). The highest BCUT2D eigenvalue weighted by Crippen LogP contribution is 2.23. The summed E-state index contributed by atoms with van der Waals surface area (Å²) in [4.78, 5) is 32.1. The topological polar surface area (TPSA) is 86.0 Å². The number of rotatable bonds is 5. The van der Waals surface area contributed by atoms with Gasteiger partial charge in [-0.3, -0.25) is 9.59 Å². The molecule has 3 aromatic rings. The number of carbonyl (C=O) groups is 1. The van der Waals surface area contributed by atoms with E-state index in [1.807, 2.05) is 45.0 Å². The number of aromatic nitrogens is 2. The van der Waals surface area contributed by atoms with Crippen LogP contribution in [0, 0.1) is 0 Å². The first kappa shape index (κ1) is 24.1. The molecule has 34 heavy (non-hydrogen) atoms. The van der Waals surface area contributed by atoms with E-state index in [-0.39, 0.29) is 18.1 Å². The Morgan fingerprint density at radius 3 is 2.71 bits per heavy atom. The highest BCUT2D eigenvalue weighted by atomic mass is 79.9. The summed E-state index contributed by atoms with van der Waals surface area (Å²) in [7, 11) is 0. The minimum Gasteiger partial charge on any atom is -0.484 e. The summed E-state index contributed by atoms with van der Waals surface area (Å²) in [6.07, 6.45) is 1.60. The van der Waals surface area contributed by atoms with Gasteiger partial charge in [0.1, 0.15) is 11.6 Å². The first-order valence-electron chi connectivity index (χ1n) is 11.1. The molecule has 9 heteroatoms. The Kier molecular flexibility index (Phi) is 7.13. The fraction of sp³-hybridized carbons (Fsp3) is 0.360. The van der Waals surface area contributed by atoms with Gasteiger partial charge in [-0.25, -0.2) is 4.98 Å². The van der Waals surface area contributed by atoms with Crippen molar-refractivity contribution in [2.75, 3.05) is 32.9 Å². The van der Waals surface area contributed by atoms with Crippen LogP contribution in [0.15, 0.2) is 56.8 Å². The average molecular weight is 527 g/mol. The molecule has 1 aliphatic rings. The van der Waals surface area contributed by atoms with Crippen LogP contribution in [-0.4, -0.2) is 59.6 Å². The first-order valence-corrected chi connectivity index (χ1v) is 11.9. The Hall–Kier alpha value is -3.04. The molecule has 0 aliphatic carbocycles. The second-order valence-electron chi connectivity index (χ2n) is 9.06. The lowest BCUT2D eigenvalue weighted by molar-refractivity contribution is -0.137. The van der Waals surface area contributed by atoms with Crippen LogP contribution in [-0.2, 0) is 14.9 Å². The maximum absolute atomic E-state index is 13.3. The molecule has 0 N–H and O–H groups in total. The molecule has 1 saturated heterocycles. The third kappa shape index (κ3) is 5.53. The molecule has 1 aliphatic heterocycles. The molecule has 2 heterocycles. The molecule has 178 valence electrons. The van der Waals surface area contributed by atoms with E-state index in [4.69, 9.17) is 14.5 Å². The maximum atomic E-state index is 13.3. The van der Waals surface area contributed by atoms with Crippen molar-refractivity contribution < 1.29 is 14.3 Å². The van der Waals surface area contributed by atoms with Crippen LogP contribution in [0.4, 0.5) is 0 Å². The highest BCUT2D eigenvalue weighted by Gasteiger charge is 2.23. The second kappa shape index (κ2) is 10.1. The van der Waals surface area contributed by atoms with Gasteiger partial charge < -0.3 is 14.4 Å². The molecule has 0 spiro atoms. The minimum absolute atomic E-state index is 0.0439. The van der Waals surface area contributed by atoms with Crippen LogP contribution in [0.3, 0.4) is 0 Å². The van der Waals surface area contributed by atoms with Crippen molar-refractivity contribution >= 4 is 39.0 Å². The summed E-state index contributed by atoms with van der Waals surface area (Å²) < 4.78 is 13.1. The molecule has 0 atom stereocenters. The van der Waals surface area contributed by atoms with Gasteiger partial charge in [-0.2, -0.15) is 9.78 Å². The third-order valence-electron chi connectivity index (χ3n) is 5.39. The van der Waals surface area contributed by atoms with Crippen molar-refractivity contribution in [3.8, 4) is 5.75 Å². The Morgan fingerprint density at radius 1 is 1.21 bits per heavy atom. The summed E-state index contributed by atoms with van der Waals surface area (Å²) in [5, 5.41) is 4.97. The van der Waals surface area contributed by atoms with Gasteiger partial charge in [0.2, 0.25) is 0 Å². The van der Waals surface area contributed by atoms with E-state index in [1.54, 1.807) is 29.3 Å². The van der Waals surface area contributed by atoms with E-state index in [2.05, 4.69) is 21.0 Å². The summed E-state index contributed by atoms with van der Waals surface area (Å²) >= 11 is 3.42. The number of ether oxygens (including phenoxy) is 2. The molecule has 0 radical (unpaired) electrons. The monoisotopic (exact) mass is 526 g/mol. The van der Waals surface area contributed by atoms with Crippen LogP contribution in [0.25, 0.3) is 10.9 Å². The predicted octanol–water partition coefficient (Wildman–Crippen LogP) is 3.58. The summed E-state index contributed by atoms with van der Waals surface area (Å²) in [5.41, 5.74) is 0.723. The van der Waals surface area contributed by atoms with Gasteiger partial charge in [0, 0.05) is 23.0 Å². The number of hydrogen-bond acceptors (Lipinski definition) is 6. The zero-order valence-corrected chi connectivity index (χ0v) is 21.0. The van der Waals surface area contributed by atoms with Crippen LogP contribution < -0.4 is 10.3 Å². The first-order chi connectivity index (χ1) is 16.2. The summed E-state index contributed by atoms with van der Waals surface area (Å²) in [5.74, 6) is 1.04. The number of benzene rings is 2. The van der Waals surface area contributed by atoms with Crippen molar-refractivity contribution in [3.63, 3.8) is 0 Å². The number of fused-ring (bicyclic) bond motifs is 1. The largest absolute Gasteiger partial charge is 0.484 e. The van der Waals surface area contributed by atoms with E-state index in [0.29, 0.717) is 48.8 Å². The van der Waals surface area contributed by atoms with E-state index in [1.165, 1.54) is 4.68 Å².